The van der Waals surface area contributed by atoms with E-state index in [2.05, 4.69) is 19.2 Å². The fourth-order valence-electron chi connectivity index (χ4n) is 2.47. The van der Waals surface area contributed by atoms with Crippen molar-refractivity contribution in [3.05, 3.63) is 0 Å². The molecule has 2 unspecified atom stereocenters. The van der Waals surface area contributed by atoms with E-state index in [1.54, 1.807) is 0 Å². The van der Waals surface area contributed by atoms with E-state index in [0.29, 0.717) is 6.54 Å². The lowest BCUT2D eigenvalue weighted by molar-refractivity contribution is 0.128. The molecule has 0 aliphatic carbocycles. The third kappa shape index (κ3) is 5.25. The highest BCUT2D eigenvalue weighted by molar-refractivity contribution is 5.74. The minimum atomic E-state index is 0.0390. The highest BCUT2D eigenvalue weighted by Crippen LogP contribution is 2.16. The van der Waals surface area contributed by atoms with E-state index >= 15 is 0 Å². The maximum Gasteiger partial charge on any atom is 0.317 e. The molecule has 1 aliphatic heterocycles. The Morgan fingerprint density at radius 1 is 1.50 bits per heavy atom. The molecule has 0 aromatic rings. The summed E-state index contributed by atoms with van der Waals surface area (Å²) in [5.41, 5.74) is 0. The van der Waals surface area contributed by atoms with Crippen LogP contribution in [0.5, 0.6) is 0 Å². The van der Waals surface area contributed by atoms with Crippen LogP contribution in [0.3, 0.4) is 0 Å². The Kier molecular flexibility index (Phi) is 7.09. The summed E-state index contributed by atoms with van der Waals surface area (Å²) in [5, 5.41) is 12.2. The molecule has 0 aromatic heterocycles. The van der Waals surface area contributed by atoms with Crippen LogP contribution in [0, 0.1) is 5.92 Å². The molecule has 1 rings (SSSR count). The molecular weight excluding hydrogens is 228 g/mol. The molecule has 4 nitrogen and oxygen atoms in total. The minimum Gasteiger partial charge on any atom is -0.396 e. The summed E-state index contributed by atoms with van der Waals surface area (Å²) < 4.78 is 0. The highest BCUT2D eigenvalue weighted by atomic mass is 16.3. The second-order valence-corrected chi connectivity index (χ2v) is 5.48. The second kappa shape index (κ2) is 8.35. The van der Waals surface area contributed by atoms with Gasteiger partial charge in [-0.2, -0.15) is 0 Å². The Hall–Kier alpha value is -0.770. The Labute approximate surface area is 111 Å². The first kappa shape index (κ1) is 15.3. The standard InChI is InChI=1S/C14H28N2O2/c1-3-4-5-7-12(2)15-14(18)16-9-6-8-13(10-16)11-17/h12-13,17H,3-11H2,1-2H3,(H,15,18). The Balaban J connectivity index is 2.26. The number of carbonyl (C=O) groups excluding carboxylic acids is 1. The van der Waals surface area contributed by atoms with Gasteiger partial charge in [-0.1, -0.05) is 26.2 Å². The van der Waals surface area contributed by atoms with Crippen molar-refractivity contribution in [3.63, 3.8) is 0 Å². The van der Waals surface area contributed by atoms with Gasteiger partial charge in [0.2, 0.25) is 0 Å². The molecule has 1 saturated heterocycles. The van der Waals surface area contributed by atoms with E-state index in [-0.39, 0.29) is 24.6 Å². The van der Waals surface area contributed by atoms with Crippen LogP contribution in [-0.4, -0.2) is 41.8 Å². The average molecular weight is 256 g/mol. The number of nitrogens with zero attached hydrogens (tertiary/aromatic N) is 1. The number of hydrogen-bond acceptors (Lipinski definition) is 2. The largest absolute Gasteiger partial charge is 0.396 e. The third-order valence-electron chi connectivity index (χ3n) is 3.67. The third-order valence-corrected chi connectivity index (χ3v) is 3.67. The lowest BCUT2D eigenvalue weighted by Gasteiger charge is -2.32. The number of likely N-dealkylation sites (tertiary alicyclic amines) is 1. The lowest BCUT2D eigenvalue weighted by Crippen LogP contribution is -2.48. The Morgan fingerprint density at radius 2 is 2.28 bits per heavy atom. The number of unbranched alkanes of at least 4 members (excludes halogenated alkanes) is 2. The smallest absolute Gasteiger partial charge is 0.317 e. The lowest BCUT2D eigenvalue weighted by atomic mass is 9.99. The van der Waals surface area contributed by atoms with Crippen LogP contribution in [0.1, 0.15) is 52.4 Å². The second-order valence-electron chi connectivity index (χ2n) is 5.48. The van der Waals surface area contributed by atoms with Gasteiger partial charge in [0.15, 0.2) is 0 Å². The van der Waals surface area contributed by atoms with E-state index < -0.39 is 0 Å². The van der Waals surface area contributed by atoms with Crippen molar-refractivity contribution in [3.8, 4) is 0 Å². The van der Waals surface area contributed by atoms with E-state index in [0.717, 1.165) is 25.8 Å². The summed E-state index contributed by atoms with van der Waals surface area (Å²) in [6.07, 6.45) is 6.71. The van der Waals surface area contributed by atoms with E-state index in [1.165, 1.54) is 19.3 Å². The van der Waals surface area contributed by atoms with Crippen molar-refractivity contribution < 1.29 is 9.90 Å². The number of piperidine rings is 1. The van der Waals surface area contributed by atoms with Gasteiger partial charge in [0.1, 0.15) is 0 Å². The van der Waals surface area contributed by atoms with Crippen LogP contribution < -0.4 is 5.32 Å². The Morgan fingerprint density at radius 3 is 2.94 bits per heavy atom. The monoisotopic (exact) mass is 256 g/mol. The zero-order valence-corrected chi connectivity index (χ0v) is 11.8. The van der Waals surface area contributed by atoms with Gasteiger partial charge >= 0.3 is 6.03 Å². The summed E-state index contributed by atoms with van der Waals surface area (Å²) in [6.45, 7) is 5.97. The quantitative estimate of drug-likeness (QED) is 0.717. The van der Waals surface area contributed by atoms with Gasteiger partial charge in [-0.05, 0) is 32.1 Å². The number of rotatable bonds is 6. The van der Waals surface area contributed by atoms with Crippen molar-refractivity contribution >= 4 is 6.03 Å². The first-order valence-corrected chi connectivity index (χ1v) is 7.33. The number of aliphatic hydroxyl groups excluding tert-OH is 1. The van der Waals surface area contributed by atoms with Crippen LogP contribution in [-0.2, 0) is 0 Å². The van der Waals surface area contributed by atoms with Crippen LogP contribution in [0.15, 0.2) is 0 Å². The summed E-state index contributed by atoms with van der Waals surface area (Å²) >= 11 is 0. The molecule has 1 fully saturated rings. The van der Waals surface area contributed by atoms with Crippen LogP contribution in [0.4, 0.5) is 4.79 Å². The van der Waals surface area contributed by atoms with Gasteiger partial charge < -0.3 is 15.3 Å². The summed E-state index contributed by atoms with van der Waals surface area (Å²) in [5.74, 6) is 0.264. The van der Waals surface area contributed by atoms with Gasteiger partial charge in [0.05, 0.1) is 0 Å². The molecule has 18 heavy (non-hydrogen) atoms. The molecule has 2 N–H and O–H groups in total. The maximum absolute atomic E-state index is 12.0. The molecule has 0 spiro atoms. The van der Waals surface area contributed by atoms with Gasteiger partial charge in [-0.15, -0.1) is 0 Å². The van der Waals surface area contributed by atoms with E-state index in [4.69, 9.17) is 5.11 Å². The van der Waals surface area contributed by atoms with E-state index in [9.17, 15) is 4.79 Å². The van der Waals surface area contributed by atoms with Crippen molar-refractivity contribution in [2.24, 2.45) is 5.92 Å². The number of amides is 2. The molecule has 1 heterocycles. The first-order chi connectivity index (χ1) is 8.67. The topological polar surface area (TPSA) is 52.6 Å². The summed E-state index contributed by atoms with van der Waals surface area (Å²) in [4.78, 5) is 13.9. The molecule has 0 radical (unpaired) electrons. The normalized spacial score (nSPS) is 21.7. The zero-order chi connectivity index (χ0) is 13.4. The minimum absolute atomic E-state index is 0.0390. The summed E-state index contributed by atoms with van der Waals surface area (Å²) in [6, 6.07) is 0.288. The Bertz CT molecular complexity index is 246. The molecule has 4 heteroatoms. The van der Waals surface area contributed by atoms with Crippen LogP contribution >= 0.6 is 0 Å². The number of nitrogens with one attached hydrogen (secondary N) is 1. The number of carbonyl (C=O) groups is 1. The van der Waals surface area contributed by atoms with Crippen molar-refractivity contribution in [1.82, 2.24) is 10.2 Å². The average Bonchev–Trinajstić information content (AvgIpc) is 2.39. The van der Waals surface area contributed by atoms with Crippen molar-refractivity contribution in [1.29, 1.82) is 0 Å². The van der Waals surface area contributed by atoms with Gasteiger partial charge in [0.25, 0.3) is 0 Å². The first-order valence-electron chi connectivity index (χ1n) is 7.33. The molecule has 2 atom stereocenters. The summed E-state index contributed by atoms with van der Waals surface area (Å²) in [7, 11) is 0. The number of urea groups is 1. The van der Waals surface area contributed by atoms with Crippen LogP contribution in [0.25, 0.3) is 0 Å². The predicted octanol–water partition coefficient (Wildman–Crippen LogP) is 2.37. The fraction of sp³-hybridized carbons (Fsp3) is 0.929. The number of hydrogen-bond donors (Lipinski definition) is 2. The zero-order valence-electron chi connectivity index (χ0n) is 11.8. The number of aliphatic hydroxyl groups is 1. The molecule has 2 amide bonds. The molecule has 1 aliphatic rings. The SMILES string of the molecule is CCCCCC(C)NC(=O)N1CCCC(CO)C1. The van der Waals surface area contributed by atoms with E-state index in [1.807, 2.05) is 4.90 Å². The molecule has 0 saturated carbocycles. The van der Waals surface area contributed by atoms with Crippen molar-refractivity contribution in [2.75, 3.05) is 19.7 Å². The highest BCUT2D eigenvalue weighted by Gasteiger charge is 2.23. The maximum atomic E-state index is 12.0. The van der Waals surface area contributed by atoms with Gasteiger partial charge in [0, 0.05) is 25.7 Å². The molecule has 106 valence electrons. The molecule has 0 bridgehead atoms. The van der Waals surface area contributed by atoms with Crippen LogP contribution in [0.2, 0.25) is 0 Å². The van der Waals surface area contributed by atoms with Gasteiger partial charge in [-0.3, -0.25) is 0 Å². The molecular formula is C14H28N2O2. The fourth-order valence-corrected chi connectivity index (χ4v) is 2.47. The van der Waals surface area contributed by atoms with Gasteiger partial charge in [-0.25, -0.2) is 4.79 Å². The molecule has 0 aromatic carbocycles. The predicted molar refractivity (Wildman–Crippen MR) is 73.5 cm³/mol. The van der Waals surface area contributed by atoms with Crippen molar-refractivity contribution in [2.45, 2.75) is 58.4 Å².